The molecule has 2 aromatic rings. The van der Waals surface area contributed by atoms with Gasteiger partial charge in [-0.15, -0.1) is 0 Å². The molecule has 0 saturated heterocycles. The summed E-state index contributed by atoms with van der Waals surface area (Å²) in [6, 6.07) is 6.76. The molecule has 114 valence electrons. The predicted molar refractivity (Wildman–Crippen MR) is 82.4 cm³/mol. The highest BCUT2D eigenvalue weighted by Gasteiger charge is 2.19. The standard InChI is InChI=1S/C14H16BrNO4S/c1-10-7-11(9-17)8-13(14(10)15)21(18,19)16-5-4-12-3-2-6-20-12/h2-3,6-8,16-17H,4-5,9H2,1H3. The topological polar surface area (TPSA) is 79.5 Å². The number of rotatable bonds is 6. The fraction of sp³-hybridized carbons (Fsp3) is 0.286. The van der Waals surface area contributed by atoms with Crippen LogP contribution in [0.1, 0.15) is 16.9 Å². The molecule has 0 saturated carbocycles. The van der Waals surface area contributed by atoms with Crippen molar-refractivity contribution in [2.24, 2.45) is 0 Å². The minimum absolute atomic E-state index is 0.131. The third-order valence-corrected chi connectivity index (χ3v) is 5.80. The van der Waals surface area contributed by atoms with Gasteiger partial charge < -0.3 is 9.52 Å². The van der Waals surface area contributed by atoms with Gasteiger partial charge in [0, 0.05) is 17.4 Å². The molecular weight excluding hydrogens is 358 g/mol. The highest BCUT2D eigenvalue weighted by molar-refractivity contribution is 9.10. The van der Waals surface area contributed by atoms with Gasteiger partial charge in [-0.1, -0.05) is 6.07 Å². The lowest BCUT2D eigenvalue weighted by Crippen LogP contribution is -2.26. The number of hydrogen-bond donors (Lipinski definition) is 2. The SMILES string of the molecule is Cc1cc(CO)cc(S(=O)(=O)NCCc2ccco2)c1Br. The smallest absolute Gasteiger partial charge is 0.241 e. The van der Waals surface area contributed by atoms with E-state index in [4.69, 9.17) is 4.42 Å². The highest BCUT2D eigenvalue weighted by Crippen LogP contribution is 2.27. The Hall–Kier alpha value is -1.15. The molecule has 0 bridgehead atoms. The minimum atomic E-state index is -3.65. The summed E-state index contributed by atoms with van der Waals surface area (Å²) in [5, 5.41) is 9.20. The fourth-order valence-corrected chi connectivity index (χ4v) is 4.04. The molecule has 5 nitrogen and oxygen atoms in total. The summed E-state index contributed by atoms with van der Waals surface area (Å²) in [6.45, 7) is 1.82. The Morgan fingerprint density at radius 2 is 2.14 bits per heavy atom. The van der Waals surface area contributed by atoms with E-state index in [1.165, 1.54) is 6.07 Å². The average molecular weight is 374 g/mol. The van der Waals surface area contributed by atoms with Crippen molar-refractivity contribution in [3.63, 3.8) is 0 Å². The van der Waals surface area contributed by atoms with Crippen molar-refractivity contribution in [3.8, 4) is 0 Å². The van der Waals surface area contributed by atoms with Crippen molar-refractivity contribution in [3.05, 3.63) is 51.9 Å². The molecule has 0 aliphatic rings. The van der Waals surface area contributed by atoms with Gasteiger partial charge in [0.25, 0.3) is 0 Å². The number of hydrogen-bond acceptors (Lipinski definition) is 4. The number of aryl methyl sites for hydroxylation is 1. The molecule has 0 radical (unpaired) electrons. The van der Waals surface area contributed by atoms with Crippen LogP contribution in [0.5, 0.6) is 0 Å². The number of furan rings is 1. The van der Waals surface area contributed by atoms with Gasteiger partial charge >= 0.3 is 0 Å². The van der Waals surface area contributed by atoms with Gasteiger partial charge in [-0.05, 0) is 52.2 Å². The molecule has 21 heavy (non-hydrogen) atoms. The second-order valence-corrected chi connectivity index (χ2v) is 7.14. The summed E-state index contributed by atoms with van der Waals surface area (Å²) >= 11 is 3.29. The van der Waals surface area contributed by atoms with E-state index in [1.807, 2.05) is 0 Å². The van der Waals surface area contributed by atoms with Crippen LogP contribution in [0, 0.1) is 6.92 Å². The molecule has 2 N–H and O–H groups in total. The zero-order valence-electron chi connectivity index (χ0n) is 11.5. The Bertz CT molecular complexity index is 711. The molecule has 7 heteroatoms. The van der Waals surface area contributed by atoms with E-state index in [2.05, 4.69) is 20.7 Å². The van der Waals surface area contributed by atoms with Crippen LogP contribution in [0.25, 0.3) is 0 Å². The third kappa shape index (κ3) is 3.94. The van der Waals surface area contributed by atoms with E-state index in [0.29, 0.717) is 16.5 Å². The minimum Gasteiger partial charge on any atom is -0.469 e. The summed E-state index contributed by atoms with van der Waals surface area (Å²) < 4.78 is 32.9. The third-order valence-electron chi connectivity index (χ3n) is 3.00. The van der Waals surface area contributed by atoms with Gasteiger partial charge in [0.2, 0.25) is 10.0 Å². The fourth-order valence-electron chi connectivity index (χ4n) is 1.94. The largest absolute Gasteiger partial charge is 0.469 e. The maximum absolute atomic E-state index is 12.3. The first kappa shape index (κ1) is 16.2. The summed E-state index contributed by atoms with van der Waals surface area (Å²) in [7, 11) is -3.65. The van der Waals surface area contributed by atoms with Crippen molar-refractivity contribution in [2.75, 3.05) is 6.54 Å². The van der Waals surface area contributed by atoms with Crippen LogP contribution in [0.3, 0.4) is 0 Å². The van der Waals surface area contributed by atoms with Crippen LogP contribution in [-0.4, -0.2) is 20.1 Å². The van der Waals surface area contributed by atoms with Crippen LogP contribution in [0.15, 0.2) is 44.3 Å². The second-order valence-electron chi connectivity index (χ2n) is 4.61. The molecule has 0 fully saturated rings. The number of sulfonamides is 1. The van der Waals surface area contributed by atoms with Crippen LogP contribution in [-0.2, 0) is 23.1 Å². The van der Waals surface area contributed by atoms with Gasteiger partial charge in [-0.25, -0.2) is 13.1 Å². The molecule has 0 aliphatic heterocycles. The Labute approximate surface area is 132 Å². The molecule has 1 aromatic carbocycles. The van der Waals surface area contributed by atoms with E-state index in [1.54, 1.807) is 31.4 Å². The Morgan fingerprint density at radius 1 is 1.38 bits per heavy atom. The first-order valence-electron chi connectivity index (χ1n) is 6.36. The Balaban J connectivity index is 2.17. The predicted octanol–water partition coefficient (Wildman–Crippen LogP) is 2.36. The molecule has 2 rings (SSSR count). The monoisotopic (exact) mass is 373 g/mol. The van der Waals surface area contributed by atoms with E-state index in [0.717, 1.165) is 11.3 Å². The van der Waals surface area contributed by atoms with E-state index in [-0.39, 0.29) is 18.0 Å². The first-order valence-corrected chi connectivity index (χ1v) is 8.63. The number of aliphatic hydroxyl groups excluding tert-OH is 1. The Morgan fingerprint density at radius 3 is 2.76 bits per heavy atom. The maximum Gasteiger partial charge on any atom is 0.241 e. The number of benzene rings is 1. The number of aliphatic hydroxyl groups is 1. The van der Waals surface area contributed by atoms with E-state index in [9.17, 15) is 13.5 Å². The van der Waals surface area contributed by atoms with Gasteiger partial charge in [0.15, 0.2) is 0 Å². The average Bonchev–Trinajstić information content (AvgIpc) is 2.94. The summed E-state index contributed by atoms with van der Waals surface area (Å²) in [4.78, 5) is 0.131. The maximum atomic E-state index is 12.3. The van der Waals surface area contributed by atoms with Crippen molar-refractivity contribution in [1.82, 2.24) is 4.72 Å². The van der Waals surface area contributed by atoms with Gasteiger partial charge in [-0.3, -0.25) is 0 Å². The van der Waals surface area contributed by atoms with Crippen molar-refractivity contribution in [1.29, 1.82) is 0 Å². The van der Waals surface area contributed by atoms with Crippen LogP contribution in [0.4, 0.5) is 0 Å². The van der Waals surface area contributed by atoms with Crippen molar-refractivity contribution >= 4 is 26.0 Å². The van der Waals surface area contributed by atoms with Crippen molar-refractivity contribution in [2.45, 2.75) is 24.8 Å². The molecule has 1 aromatic heterocycles. The molecule has 0 amide bonds. The number of halogens is 1. The quantitative estimate of drug-likeness (QED) is 0.814. The lowest BCUT2D eigenvalue weighted by atomic mass is 10.1. The lowest BCUT2D eigenvalue weighted by molar-refractivity contribution is 0.281. The summed E-state index contributed by atoms with van der Waals surface area (Å²) in [5.41, 5.74) is 1.31. The van der Waals surface area contributed by atoms with Crippen LogP contribution >= 0.6 is 15.9 Å². The van der Waals surface area contributed by atoms with Crippen LogP contribution < -0.4 is 4.72 Å². The Kier molecular flexibility index (Phi) is 5.21. The summed E-state index contributed by atoms with van der Waals surface area (Å²) in [5.74, 6) is 0.719. The molecule has 0 atom stereocenters. The molecule has 0 aliphatic carbocycles. The lowest BCUT2D eigenvalue weighted by Gasteiger charge is -2.11. The number of nitrogens with one attached hydrogen (secondary N) is 1. The molecule has 0 unspecified atom stereocenters. The van der Waals surface area contributed by atoms with Gasteiger partial charge in [0.1, 0.15) is 5.76 Å². The van der Waals surface area contributed by atoms with Crippen LogP contribution in [0.2, 0.25) is 0 Å². The second kappa shape index (κ2) is 6.74. The van der Waals surface area contributed by atoms with E-state index < -0.39 is 10.0 Å². The van der Waals surface area contributed by atoms with Gasteiger partial charge in [0.05, 0.1) is 17.8 Å². The molecule has 0 spiro atoms. The summed E-state index contributed by atoms with van der Waals surface area (Å²) in [6.07, 6.45) is 2.02. The van der Waals surface area contributed by atoms with Gasteiger partial charge in [-0.2, -0.15) is 0 Å². The molecule has 1 heterocycles. The first-order chi connectivity index (χ1) is 9.94. The normalized spacial score (nSPS) is 11.8. The van der Waals surface area contributed by atoms with E-state index >= 15 is 0 Å². The molecular formula is C14H16BrNO4S. The zero-order chi connectivity index (χ0) is 15.5. The zero-order valence-corrected chi connectivity index (χ0v) is 13.9. The highest BCUT2D eigenvalue weighted by atomic mass is 79.9. The van der Waals surface area contributed by atoms with Crippen molar-refractivity contribution < 1.29 is 17.9 Å².